The highest BCUT2D eigenvalue weighted by molar-refractivity contribution is 9.13. The summed E-state index contributed by atoms with van der Waals surface area (Å²) in [5.41, 5.74) is 0.191. The van der Waals surface area contributed by atoms with Gasteiger partial charge in [0, 0.05) is 26.6 Å². The molecule has 0 spiro atoms. The van der Waals surface area contributed by atoms with E-state index in [-0.39, 0.29) is 11.5 Å². The van der Waals surface area contributed by atoms with Gasteiger partial charge < -0.3 is 0 Å². The van der Waals surface area contributed by atoms with Crippen LogP contribution >= 0.6 is 31.9 Å². The number of carbonyl (C=O) groups excluding carboxylic acids is 1. The molecule has 1 rings (SSSR count). The summed E-state index contributed by atoms with van der Waals surface area (Å²) >= 11 is 6.30. The third-order valence-corrected chi connectivity index (χ3v) is 3.61. The first-order valence-corrected chi connectivity index (χ1v) is 5.16. The van der Waals surface area contributed by atoms with E-state index in [1.807, 2.05) is 0 Å². The predicted molar refractivity (Wildman–Crippen MR) is 58.5 cm³/mol. The average molecular weight is 323 g/mol. The minimum absolute atomic E-state index is 0.106. The Morgan fingerprint density at radius 2 is 2.00 bits per heavy atom. The second-order valence-corrected chi connectivity index (χ2v) is 4.25. The van der Waals surface area contributed by atoms with Crippen molar-refractivity contribution in [2.75, 3.05) is 0 Å². The van der Waals surface area contributed by atoms with Crippen molar-refractivity contribution < 1.29 is 9.72 Å². The van der Waals surface area contributed by atoms with Crippen LogP contribution in [0, 0.1) is 10.1 Å². The van der Waals surface area contributed by atoms with Gasteiger partial charge in [-0.2, -0.15) is 0 Å². The number of nitrogens with zero attached hydrogens (tertiary/aromatic N) is 1. The van der Waals surface area contributed by atoms with Crippen molar-refractivity contribution in [3.05, 3.63) is 36.8 Å². The molecule has 1 aromatic rings. The highest BCUT2D eigenvalue weighted by Gasteiger charge is 2.15. The maximum Gasteiger partial charge on any atom is 0.271 e. The van der Waals surface area contributed by atoms with Crippen LogP contribution in [0.3, 0.4) is 0 Å². The summed E-state index contributed by atoms with van der Waals surface area (Å²) in [6.07, 6.45) is 0. The van der Waals surface area contributed by atoms with Crippen LogP contribution in [-0.2, 0) is 0 Å². The van der Waals surface area contributed by atoms with E-state index in [1.54, 1.807) is 0 Å². The van der Waals surface area contributed by atoms with E-state index in [0.29, 0.717) is 14.5 Å². The molecule has 0 radical (unpaired) electrons. The lowest BCUT2D eigenvalue weighted by molar-refractivity contribution is -0.385. The number of non-ortho nitro benzene ring substituents is 1. The molecule has 0 N–H and O–H groups in total. The van der Waals surface area contributed by atoms with Crippen molar-refractivity contribution in [2.45, 2.75) is 6.92 Å². The fourth-order valence-electron chi connectivity index (χ4n) is 0.936. The van der Waals surface area contributed by atoms with Crippen LogP contribution in [-0.4, -0.2) is 10.7 Å². The predicted octanol–water partition coefficient (Wildman–Crippen LogP) is 3.32. The van der Waals surface area contributed by atoms with Crippen molar-refractivity contribution in [3.8, 4) is 0 Å². The summed E-state index contributed by atoms with van der Waals surface area (Å²) in [5.74, 6) is -0.221. The van der Waals surface area contributed by atoms with Crippen LogP contribution in [0.4, 0.5) is 5.69 Å². The number of benzene rings is 1. The molecule has 0 bridgehead atoms. The van der Waals surface area contributed by atoms with Crippen molar-refractivity contribution in [3.63, 3.8) is 0 Å². The SMILES string of the molecule is CC(=O)c1cc([N+](=O)[O-])cc(Br)c1Br. The molecule has 0 aromatic heterocycles. The topological polar surface area (TPSA) is 60.2 Å². The summed E-state index contributed by atoms with van der Waals surface area (Å²) in [6.45, 7) is 1.36. The fraction of sp³-hybridized carbons (Fsp3) is 0.125. The number of hydrogen-bond donors (Lipinski definition) is 0. The summed E-state index contributed by atoms with van der Waals surface area (Å²) in [5, 5.41) is 10.5. The maximum absolute atomic E-state index is 11.1. The highest BCUT2D eigenvalue weighted by atomic mass is 79.9. The standard InChI is InChI=1S/C8H5Br2NO3/c1-4(12)6-2-5(11(13)14)3-7(9)8(6)10/h2-3H,1H3. The van der Waals surface area contributed by atoms with Crippen LogP contribution in [0.2, 0.25) is 0 Å². The Bertz CT molecular complexity index is 417. The van der Waals surface area contributed by atoms with Gasteiger partial charge in [0.25, 0.3) is 5.69 Å². The quantitative estimate of drug-likeness (QED) is 0.476. The lowest BCUT2D eigenvalue weighted by Crippen LogP contribution is -1.97. The molecule has 1 aromatic carbocycles. The number of hydrogen-bond acceptors (Lipinski definition) is 3. The molecule has 6 heteroatoms. The molecule has 14 heavy (non-hydrogen) atoms. The molecule has 0 aliphatic rings. The molecule has 0 unspecified atom stereocenters. The second-order valence-electron chi connectivity index (χ2n) is 2.60. The first-order valence-electron chi connectivity index (χ1n) is 3.58. The van der Waals surface area contributed by atoms with Crippen molar-refractivity contribution in [1.82, 2.24) is 0 Å². The highest BCUT2D eigenvalue weighted by Crippen LogP contribution is 2.31. The molecule has 0 atom stereocenters. The van der Waals surface area contributed by atoms with Crippen LogP contribution in [0.25, 0.3) is 0 Å². The summed E-state index contributed by atoms with van der Waals surface area (Å²) in [4.78, 5) is 21.1. The van der Waals surface area contributed by atoms with E-state index in [4.69, 9.17) is 0 Å². The number of ketones is 1. The Labute approximate surface area is 96.7 Å². The van der Waals surface area contributed by atoms with Gasteiger partial charge in [0.05, 0.1) is 4.92 Å². The van der Waals surface area contributed by atoms with Gasteiger partial charge in [-0.1, -0.05) is 0 Å². The van der Waals surface area contributed by atoms with Crippen molar-refractivity contribution >= 4 is 43.3 Å². The number of rotatable bonds is 2. The maximum atomic E-state index is 11.1. The second kappa shape index (κ2) is 4.18. The Balaban J connectivity index is 3.43. The molecule has 0 amide bonds. The van der Waals surface area contributed by atoms with E-state index in [2.05, 4.69) is 31.9 Å². The van der Waals surface area contributed by atoms with E-state index in [1.165, 1.54) is 19.1 Å². The average Bonchev–Trinajstić information content (AvgIpc) is 2.08. The third-order valence-electron chi connectivity index (χ3n) is 1.60. The zero-order valence-electron chi connectivity index (χ0n) is 7.08. The van der Waals surface area contributed by atoms with Gasteiger partial charge in [0.1, 0.15) is 0 Å². The number of carbonyl (C=O) groups is 1. The molecule has 0 aliphatic heterocycles. The molecular formula is C8H5Br2NO3. The first-order chi connectivity index (χ1) is 6.43. The Morgan fingerprint density at radius 3 is 2.43 bits per heavy atom. The largest absolute Gasteiger partial charge is 0.294 e. The zero-order valence-corrected chi connectivity index (χ0v) is 10.3. The first kappa shape index (κ1) is 11.3. The molecule has 0 fully saturated rings. The normalized spacial score (nSPS) is 9.93. The Kier molecular flexibility index (Phi) is 3.38. The summed E-state index contributed by atoms with van der Waals surface area (Å²) in [7, 11) is 0. The van der Waals surface area contributed by atoms with E-state index in [0.717, 1.165) is 0 Å². The molecule has 0 heterocycles. The van der Waals surface area contributed by atoms with Crippen molar-refractivity contribution in [1.29, 1.82) is 0 Å². The fourth-order valence-corrected chi connectivity index (χ4v) is 1.89. The van der Waals surface area contributed by atoms with Gasteiger partial charge in [0.15, 0.2) is 5.78 Å². The minimum atomic E-state index is -0.538. The van der Waals surface area contributed by atoms with Crippen LogP contribution in [0.1, 0.15) is 17.3 Å². The van der Waals surface area contributed by atoms with Crippen LogP contribution < -0.4 is 0 Å². The van der Waals surface area contributed by atoms with E-state index >= 15 is 0 Å². The molecule has 0 aliphatic carbocycles. The van der Waals surface area contributed by atoms with Crippen LogP contribution in [0.15, 0.2) is 21.1 Å². The van der Waals surface area contributed by atoms with Crippen LogP contribution in [0.5, 0.6) is 0 Å². The number of Topliss-reactive ketones (excluding diaryl/α,β-unsaturated/α-hetero) is 1. The molecule has 0 saturated heterocycles. The molecular weight excluding hydrogens is 318 g/mol. The lowest BCUT2D eigenvalue weighted by atomic mass is 10.1. The monoisotopic (exact) mass is 321 g/mol. The number of halogens is 2. The minimum Gasteiger partial charge on any atom is -0.294 e. The molecule has 0 saturated carbocycles. The van der Waals surface area contributed by atoms with Gasteiger partial charge >= 0.3 is 0 Å². The van der Waals surface area contributed by atoms with Gasteiger partial charge in [-0.05, 0) is 38.8 Å². The molecule has 4 nitrogen and oxygen atoms in total. The van der Waals surface area contributed by atoms with Gasteiger partial charge in [-0.3, -0.25) is 14.9 Å². The van der Waals surface area contributed by atoms with Crippen molar-refractivity contribution in [2.24, 2.45) is 0 Å². The smallest absolute Gasteiger partial charge is 0.271 e. The Hall–Kier alpha value is -0.750. The molecule has 74 valence electrons. The third kappa shape index (κ3) is 2.19. The van der Waals surface area contributed by atoms with Gasteiger partial charge in [0.2, 0.25) is 0 Å². The Morgan fingerprint density at radius 1 is 1.43 bits per heavy atom. The van der Waals surface area contributed by atoms with E-state index in [9.17, 15) is 14.9 Å². The zero-order chi connectivity index (χ0) is 10.9. The number of nitro groups is 1. The lowest BCUT2D eigenvalue weighted by Gasteiger charge is -2.02. The van der Waals surface area contributed by atoms with E-state index < -0.39 is 4.92 Å². The summed E-state index contributed by atoms with van der Waals surface area (Å²) < 4.78 is 1.03. The van der Waals surface area contributed by atoms with Gasteiger partial charge in [-0.25, -0.2) is 0 Å². The number of nitro benzene ring substituents is 1. The van der Waals surface area contributed by atoms with Gasteiger partial charge in [-0.15, -0.1) is 0 Å². The summed E-state index contributed by atoms with van der Waals surface area (Å²) in [6, 6.07) is 2.59.